The van der Waals surface area contributed by atoms with Crippen molar-refractivity contribution in [3.05, 3.63) is 90.3 Å². The van der Waals surface area contributed by atoms with Gasteiger partial charge in [-0.2, -0.15) is 0 Å². The molecule has 0 unspecified atom stereocenters. The van der Waals surface area contributed by atoms with Gasteiger partial charge in [-0.15, -0.1) is 0 Å². The second kappa shape index (κ2) is 6.38. The molecule has 3 aromatic carbocycles. The van der Waals surface area contributed by atoms with Crippen LogP contribution in [-0.4, -0.2) is 0 Å². The van der Waals surface area contributed by atoms with Gasteiger partial charge in [0, 0.05) is 0 Å². The molecule has 20 heavy (non-hydrogen) atoms. The van der Waals surface area contributed by atoms with Gasteiger partial charge >= 0.3 is 0 Å². The van der Waals surface area contributed by atoms with Crippen molar-refractivity contribution in [2.45, 2.75) is 19.3 Å². The van der Waals surface area contributed by atoms with Crippen molar-refractivity contribution in [2.75, 3.05) is 0 Å². The summed E-state index contributed by atoms with van der Waals surface area (Å²) in [4.78, 5) is 0. The molecule has 0 fully saturated rings. The van der Waals surface area contributed by atoms with Gasteiger partial charge in [-0.1, -0.05) is 72.8 Å². The summed E-state index contributed by atoms with van der Waals surface area (Å²) in [5.41, 5.74) is 2.85. The van der Waals surface area contributed by atoms with Crippen LogP contribution in [0.15, 0.2) is 72.8 Å². The van der Waals surface area contributed by atoms with Crippen LogP contribution < -0.4 is 0 Å². The third-order valence-corrected chi connectivity index (χ3v) is 3.72. The maximum Gasteiger partial charge on any atom is -0.0152 e. The van der Waals surface area contributed by atoms with Crippen LogP contribution in [0.3, 0.4) is 0 Å². The van der Waals surface area contributed by atoms with Crippen molar-refractivity contribution in [1.82, 2.24) is 0 Å². The molecule has 3 rings (SSSR count). The number of aryl methyl sites for hydroxylation is 1. The van der Waals surface area contributed by atoms with Crippen LogP contribution in [0.4, 0.5) is 0 Å². The first-order valence-electron chi connectivity index (χ1n) is 7.26. The highest BCUT2D eigenvalue weighted by Gasteiger charge is 2.00. The van der Waals surface area contributed by atoms with Gasteiger partial charge in [-0.05, 0) is 47.6 Å². The lowest BCUT2D eigenvalue weighted by Crippen LogP contribution is -1.91. The topological polar surface area (TPSA) is 0 Å². The predicted molar refractivity (Wildman–Crippen MR) is 86.7 cm³/mol. The standard InChI is InChI=1S/C20H19/c1-2-9-17(10-3-1)11-4-5-12-18-14-8-15-19-13-6-7-16-20(18)19/h1-3,5-10,13-16H,4,11-12H2. The molecule has 1 radical (unpaired) electrons. The van der Waals surface area contributed by atoms with E-state index in [1.54, 1.807) is 0 Å². The molecule has 0 aromatic heterocycles. The van der Waals surface area contributed by atoms with Gasteiger partial charge in [0.1, 0.15) is 0 Å². The predicted octanol–water partition coefficient (Wildman–Crippen LogP) is 5.22. The van der Waals surface area contributed by atoms with E-state index in [4.69, 9.17) is 0 Å². The first-order chi connectivity index (χ1) is 9.93. The Kier molecular flexibility index (Phi) is 4.13. The summed E-state index contributed by atoms with van der Waals surface area (Å²) in [6.45, 7) is 0. The third kappa shape index (κ3) is 3.08. The molecule has 0 aliphatic carbocycles. The normalized spacial score (nSPS) is 10.8. The molecule has 0 aliphatic rings. The highest BCUT2D eigenvalue weighted by Crippen LogP contribution is 2.20. The molecule has 99 valence electrons. The minimum atomic E-state index is 1.05. The first kappa shape index (κ1) is 12.9. The van der Waals surface area contributed by atoms with Crippen molar-refractivity contribution in [1.29, 1.82) is 0 Å². The maximum absolute atomic E-state index is 2.40. The summed E-state index contributed by atoms with van der Waals surface area (Å²) in [6.07, 6.45) is 5.71. The molecule has 0 heteroatoms. The van der Waals surface area contributed by atoms with Gasteiger partial charge in [0.15, 0.2) is 0 Å². The summed E-state index contributed by atoms with van der Waals surface area (Å²) in [5.74, 6) is 0. The molecule has 0 N–H and O–H groups in total. The molecule has 0 saturated heterocycles. The molecule has 0 heterocycles. The highest BCUT2D eigenvalue weighted by atomic mass is 14.0. The van der Waals surface area contributed by atoms with Crippen LogP contribution in [0.5, 0.6) is 0 Å². The monoisotopic (exact) mass is 259 g/mol. The molecule has 0 spiro atoms. The molecule has 3 aromatic rings. The van der Waals surface area contributed by atoms with E-state index in [0.717, 1.165) is 19.3 Å². The Morgan fingerprint density at radius 1 is 0.700 bits per heavy atom. The van der Waals surface area contributed by atoms with Crippen molar-refractivity contribution < 1.29 is 0 Å². The van der Waals surface area contributed by atoms with Crippen LogP contribution in [0.25, 0.3) is 10.8 Å². The van der Waals surface area contributed by atoms with Crippen molar-refractivity contribution in [2.24, 2.45) is 0 Å². The number of hydrogen-bond acceptors (Lipinski definition) is 0. The van der Waals surface area contributed by atoms with Crippen molar-refractivity contribution >= 4 is 10.8 Å². The SMILES string of the molecule is [CH](CCc1ccccc1)Cc1cccc2ccccc12. The van der Waals surface area contributed by atoms with Crippen LogP contribution in [0.2, 0.25) is 0 Å². The van der Waals surface area contributed by atoms with E-state index in [1.165, 1.54) is 21.9 Å². The number of fused-ring (bicyclic) bond motifs is 1. The number of unbranched alkanes of at least 4 members (excludes halogenated alkanes) is 1. The van der Waals surface area contributed by atoms with Crippen LogP contribution in [0.1, 0.15) is 17.5 Å². The van der Waals surface area contributed by atoms with Crippen LogP contribution in [-0.2, 0) is 12.8 Å². The second-order valence-corrected chi connectivity index (χ2v) is 5.16. The van der Waals surface area contributed by atoms with E-state index in [1.807, 2.05) is 0 Å². The third-order valence-electron chi connectivity index (χ3n) is 3.72. The summed E-state index contributed by atoms with van der Waals surface area (Å²) in [7, 11) is 0. The van der Waals surface area contributed by atoms with E-state index in [-0.39, 0.29) is 0 Å². The van der Waals surface area contributed by atoms with Gasteiger partial charge in [-0.25, -0.2) is 0 Å². The molecule has 0 amide bonds. The Labute approximate surface area is 121 Å². The van der Waals surface area contributed by atoms with Gasteiger partial charge in [0.25, 0.3) is 0 Å². The van der Waals surface area contributed by atoms with E-state index in [0.29, 0.717) is 0 Å². The fourth-order valence-electron chi connectivity index (χ4n) is 2.64. The van der Waals surface area contributed by atoms with Crippen LogP contribution >= 0.6 is 0 Å². The summed E-state index contributed by atoms with van der Waals surface area (Å²) in [5, 5.41) is 2.72. The lowest BCUT2D eigenvalue weighted by molar-refractivity contribution is 0.895. The summed E-state index contributed by atoms with van der Waals surface area (Å²) < 4.78 is 0. The second-order valence-electron chi connectivity index (χ2n) is 5.16. The van der Waals surface area contributed by atoms with Gasteiger partial charge in [0.05, 0.1) is 0 Å². The molecule has 0 saturated carbocycles. The molecular formula is C20H19. The smallest absolute Gasteiger partial charge is 0.0152 e. The average molecular weight is 259 g/mol. The maximum atomic E-state index is 2.40. The van der Waals surface area contributed by atoms with Gasteiger partial charge in [-0.3, -0.25) is 0 Å². The molecule has 0 nitrogen and oxygen atoms in total. The minimum absolute atomic E-state index is 1.05. The Morgan fingerprint density at radius 3 is 2.35 bits per heavy atom. The Balaban J connectivity index is 1.60. The summed E-state index contributed by atoms with van der Waals surface area (Å²) >= 11 is 0. The zero-order valence-corrected chi connectivity index (χ0v) is 11.6. The number of benzene rings is 3. The lowest BCUT2D eigenvalue weighted by Gasteiger charge is -2.06. The quantitative estimate of drug-likeness (QED) is 0.551. The molecule has 0 bridgehead atoms. The van der Waals surface area contributed by atoms with E-state index in [2.05, 4.69) is 79.2 Å². The fraction of sp³-hybridized carbons (Fsp3) is 0.150. The summed E-state index contributed by atoms with van der Waals surface area (Å²) in [6, 6.07) is 25.9. The van der Waals surface area contributed by atoms with Gasteiger partial charge in [0.2, 0.25) is 0 Å². The zero-order valence-electron chi connectivity index (χ0n) is 11.6. The number of rotatable bonds is 5. The molecule has 0 aliphatic heterocycles. The van der Waals surface area contributed by atoms with Crippen molar-refractivity contribution in [3.8, 4) is 0 Å². The van der Waals surface area contributed by atoms with Crippen molar-refractivity contribution in [3.63, 3.8) is 0 Å². The highest BCUT2D eigenvalue weighted by molar-refractivity contribution is 5.85. The zero-order chi connectivity index (χ0) is 13.6. The van der Waals surface area contributed by atoms with E-state index < -0.39 is 0 Å². The minimum Gasteiger partial charge on any atom is -0.0622 e. The fourth-order valence-corrected chi connectivity index (χ4v) is 2.64. The average Bonchev–Trinajstić information content (AvgIpc) is 2.53. The molecular weight excluding hydrogens is 240 g/mol. The van der Waals surface area contributed by atoms with Crippen LogP contribution in [0, 0.1) is 6.42 Å². The largest absolute Gasteiger partial charge is 0.0622 e. The van der Waals surface area contributed by atoms with E-state index >= 15 is 0 Å². The Morgan fingerprint density at radius 2 is 1.45 bits per heavy atom. The first-order valence-corrected chi connectivity index (χ1v) is 7.26. The number of hydrogen-bond donors (Lipinski definition) is 0. The Bertz CT molecular complexity index is 662. The lowest BCUT2D eigenvalue weighted by atomic mass is 9.99. The molecule has 0 atom stereocenters. The van der Waals surface area contributed by atoms with Gasteiger partial charge < -0.3 is 0 Å². The van der Waals surface area contributed by atoms with E-state index in [9.17, 15) is 0 Å². The Hall–Kier alpha value is -2.08.